The first-order chi connectivity index (χ1) is 23.8. The van der Waals surface area contributed by atoms with E-state index < -0.39 is 0 Å². The van der Waals surface area contributed by atoms with Crippen molar-refractivity contribution in [2.45, 2.75) is 19.4 Å². The lowest BCUT2D eigenvalue weighted by Crippen LogP contribution is -2.05. The molecule has 0 bridgehead atoms. The quantitative estimate of drug-likeness (QED) is 0.164. The van der Waals surface area contributed by atoms with Crippen molar-refractivity contribution in [3.63, 3.8) is 0 Å². The summed E-state index contributed by atoms with van der Waals surface area (Å²) >= 11 is 0. The second-order valence-electron chi connectivity index (χ2n) is 12.8. The van der Waals surface area contributed by atoms with Crippen LogP contribution in [-0.2, 0) is 6.54 Å². The maximum Gasteiger partial charge on any atom is 0.0491 e. The number of hydrogen-bond donors (Lipinski definition) is 0. The predicted octanol–water partition coefficient (Wildman–Crippen LogP) is 12.6. The fourth-order valence-electron chi connectivity index (χ4n) is 7.88. The number of benzene rings is 8. The molecule has 1 aromatic heterocycles. The van der Waals surface area contributed by atoms with E-state index >= 15 is 0 Å². The van der Waals surface area contributed by atoms with Crippen LogP contribution < -0.4 is 0 Å². The maximum absolute atomic E-state index is 2.42. The molecule has 0 fully saturated rings. The molecule has 0 aliphatic rings. The molecule has 48 heavy (non-hydrogen) atoms. The molecule has 0 spiro atoms. The Morgan fingerprint density at radius 1 is 0.396 bits per heavy atom. The van der Waals surface area contributed by atoms with Gasteiger partial charge in [-0.3, -0.25) is 0 Å². The van der Waals surface area contributed by atoms with Crippen molar-refractivity contribution in [1.82, 2.24) is 4.57 Å². The minimum absolute atomic E-state index is 0.0728. The summed E-state index contributed by atoms with van der Waals surface area (Å²) in [6.07, 6.45) is 0. The summed E-state index contributed by atoms with van der Waals surface area (Å²) in [4.78, 5) is 0. The molecule has 1 heterocycles. The average Bonchev–Trinajstić information content (AvgIpc) is 3.48. The molecule has 0 N–H and O–H groups in total. The first kappa shape index (κ1) is 28.3. The minimum atomic E-state index is 0.0728. The summed E-state index contributed by atoms with van der Waals surface area (Å²) in [6, 6.07) is 65.0. The molecule has 0 radical (unpaired) electrons. The molecule has 9 aromatic rings. The molecule has 0 aliphatic heterocycles. The van der Waals surface area contributed by atoms with E-state index in [0.717, 1.165) is 6.54 Å². The molecule has 0 unspecified atom stereocenters. The van der Waals surface area contributed by atoms with Crippen LogP contribution in [0.2, 0.25) is 0 Å². The zero-order chi connectivity index (χ0) is 32.0. The highest BCUT2D eigenvalue weighted by molar-refractivity contribution is 6.09. The lowest BCUT2D eigenvalue weighted by Gasteiger charge is -2.23. The summed E-state index contributed by atoms with van der Waals surface area (Å²) in [5, 5.41) is 7.75. The third-order valence-corrected chi connectivity index (χ3v) is 10.1. The van der Waals surface area contributed by atoms with E-state index in [0.29, 0.717) is 0 Å². The van der Waals surface area contributed by atoms with Gasteiger partial charge in [-0.2, -0.15) is 0 Å². The first-order valence-corrected chi connectivity index (χ1v) is 16.9. The van der Waals surface area contributed by atoms with E-state index in [9.17, 15) is 0 Å². The van der Waals surface area contributed by atoms with E-state index in [-0.39, 0.29) is 5.92 Å². The van der Waals surface area contributed by atoms with Gasteiger partial charge in [-0.25, -0.2) is 0 Å². The van der Waals surface area contributed by atoms with Crippen molar-refractivity contribution < 1.29 is 0 Å². The van der Waals surface area contributed by atoms with Gasteiger partial charge in [0.25, 0.3) is 0 Å². The van der Waals surface area contributed by atoms with Crippen molar-refractivity contribution in [3.8, 4) is 22.3 Å². The Morgan fingerprint density at radius 2 is 0.896 bits per heavy atom. The van der Waals surface area contributed by atoms with Gasteiger partial charge in [-0.1, -0.05) is 152 Å². The van der Waals surface area contributed by atoms with Gasteiger partial charge in [0.1, 0.15) is 0 Å². The van der Waals surface area contributed by atoms with Gasteiger partial charge >= 0.3 is 0 Å². The number of rotatable bonds is 6. The maximum atomic E-state index is 2.42. The molecule has 1 nitrogen and oxygen atoms in total. The summed E-state index contributed by atoms with van der Waals surface area (Å²) in [6.45, 7) is 3.18. The van der Waals surface area contributed by atoms with Crippen LogP contribution in [0, 0.1) is 0 Å². The van der Waals surface area contributed by atoms with Crippen LogP contribution in [0.4, 0.5) is 0 Å². The zero-order valence-electron chi connectivity index (χ0n) is 27.0. The number of aromatic nitrogens is 1. The largest absolute Gasteiger partial charge is 0.341 e. The predicted molar refractivity (Wildman–Crippen MR) is 205 cm³/mol. The van der Waals surface area contributed by atoms with E-state index in [1.165, 1.54) is 82.3 Å². The summed E-state index contributed by atoms with van der Waals surface area (Å²) in [5.74, 6) is 0.0728. The number of nitrogens with zero attached hydrogens (tertiary/aromatic N) is 1. The van der Waals surface area contributed by atoms with Gasteiger partial charge < -0.3 is 4.57 Å². The van der Waals surface area contributed by atoms with E-state index in [4.69, 9.17) is 0 Å². The molecule has 0 saturated carbocycles. The zero-order valence-corrected chi connectivity index (χ0v) is 27.0. The standard InChI is InChI=1S/C47H35N/c1-2-48-45-26-8-7-23-41(45)44-31-37(27-28-46(44)48)35-18-9-17-34(29-35)36-19-10-20-38(30-36)47(42-24-11-15-32-13-3-5-21-39(32)42)43-25-12-16-33-14-4-6-22-40(33)43/h3-31,47H,2H2,1H3. The normalized spacial score (nSPS) is 11.7. The van der Waals surface area contributed by atoms with E-state index in [1.54, 1.807) is 0 Å². The van der Waals surface area contributed by atoms with Crippen molar-refractivity contribution in [2.75, 3.05) is 0 Å². The molecule has 0 atom stereocenters. The molecule has 8 aromatic carbocycles. The summed E-state index contributed by atoms with van der Waals surface area (Å²) < 4.78 is 2.42. The fraction of sp³-hybridized carbons (Fsp3) is 0.0638. The molecule has 1 heteroatoms. The first-order valence-electron chi connectivity index (χ1n) is 16.9. The van der Waals surface area contributed by atoms with Crippen LogP contribution in [-0.4, -0.2) is 4.57 Å². The van der Waals surface area contributed by atoms with Crippen LogP contribution in [0.1, 0.15) is 29.5 Å². The highest BCUT2D eigenvalue weighted by Gasteiger charge is 2.22. The van der Waals surface area contributed by atoms with Gasteiger partial charge in [0.2, 0.25) is 0 Å². The van der Waals surface area contributed by atoms with Crippen LogP contribution in [0.25, 0.3) is 65.6 Å². The second kappa shape index (κ2) is 11.7. The Hall–Kier alpha value is -5.92. The number of aryl methyl sites for hydroxylation is 1. The van der Waals surface area contributed by atoms with Crippen LogP contribution in [0.5, 0.6) is 0 Å². The van der Waals surface area contributed by atoms with E-state index in [2.05, 4.69) is 187 Å². The number of fused-ring (bicyclic) bond motifs is 5. The van der Waals surface area contributed by atoms with Gasteiger partial charge in [0, 0.05) is 34.3 Å². The molecular weight excluding hydrogens is 579 g/mol. The Labute approximate surface area is 281 Å². The molecule has 0 amide bonds. The highest BCUT2D eigenvalue weighted by atomic mass is 15.0. The van der Waals surface area contributed by atoms with E-state index in [1.807, 2.05) is 0 Å². The van der Waals surface area contributed by atoms with Crippen molar-refractivity contribution in [2.24, 2.45) is 0 Å². The second-order valence-corrected chi connectivity index (χ2v) is 12.8. The van der Waals surface area contributed by atoms with Crippen LogP contribution in [0.3, 0.4) is 0 Å². The summed E-state index contributed by atoms with van der Waals surface area (Å²) in [7, 11) is 0. The molecule has 0 saturated heterocycles. The lowest BCUT2D eigenvalue weighted by molar-refractivity contribution is 0.827. The van der Waals surface area contributed by atoms with Gasteiger partial charge in [-0.15, -0.1) is 0 Å². The Kier molecular flexibility index (Phi) is 6.91. The average molecular weight is 614 g/mol. The minimum Gasteiger partial charge on any atom is -0.341 e. The smallest absolute Gasteiger partial charge is 0.0491 e. The van der Waals surface area contributed by atoms with Crippen LogP contribution in [0.15, 0.2) is 176 Å². The van der Waals surface area contributed by atoms with Gasteiger partial charge in [0.15, 0.2) is 0 Å². The third kappa shape index (κ3) is 4.70. The van der Waals surface area contributed by atoms with Crippen LogP contribution >= 0.6 is 0 Å². The number of hydrogen-bond acceptors (Lipinski definition) is 0. The van der Waals surface area contributed by atoms with Gasteiger partial charge in [0.05, 0.1) is 0 Å². The lowest BCUT2D eigenvalue weighted by atomic mass is 9.80. The van der Waals surface area contributed by atoms with Crippen molar-refractivity contribution >= 4 is 43.4 Å². The summed E-state index contributed by atoms with van der Waals surface area (Å²) in [5.41, 5.74) is 11.5. The van der Waals surface area contributed by atoms with Crippen molar-refractivity contribution in [1.29, 1.82) is 0 Å². The van der Waals surface area contributed by atoms with Crippen molar-refractivity contribution in [3.05, 3.63) is 193 Å². The molecule has 0 aliphatic carbocycles. The van der Waals surface area contributed by atoms with Gasteiger partial charge in [-0.05, 0) is 91.7 Å². The third-order valence-electron chi connectivity index (χ3n) is 10.1. The molecular formula is C47H35N. The highest BCUT2D eigenvalue weighted by Crippen LogP contribution is 2.41. The molecule has 9 rings (SSSR count). The Bertz CT molecular complexity index is 2530. The number of para-hydroxylation sites is 1. The SMILES string of the molecule is CCn1c2ccccc2c2cc(-c3cccc(-c4cccc(C(c5cccc6ccccc56)c5cccc6ccccc56)c4)c3)ccc21. The monoisotopic (exact) mass is 613 g/mol. The Balaban J connectivity index is 1.19. The topological polar surface area (TPSA) is 4.93 Å². The Morgan fingerprint density at radius 3 is 1.56 bits per heavy atom. The molecule has 228 valence electrons. The fourth-order valence-corrected chi connectivity index (χ4v) is 7.88.